The van der Waals surface area contributed by atoms with Crippen LogP contribution in [0, 0.1) is 18.6 Å². The van der Waals surface area contributed by atoms with Gasteiger partial charge in [-0.1, -0.05) is 11.8 Å². The zero-order valence-electron chi connectivity index (χ0n) is 9.93. The van der Waals surface area contributed by atoms with Crippen molar-refractivity contribution in [3.8, 4) is 5.69 Å². The Bertz CT molecular complexity index is 628. The highest BCUT2D eigenvalue weighted by atomic mass is 32.2. The molecule has 0 aliphatic heterocycles. The number of hydrogen-bond donors (Lipinski definition) is 1. The third-order valence-corrected chi connectivity index (χ3v) is 3.33. The Balaban J connectivity index is 2.40. The number of hydrogen-bond acceptors (Lipinski definition) is 3. The average molecular weight is 284 g/mol. The van der Waals surface area contributed by atoms with Gasteiger partial charge < -0.3 is 5.11 Å². The first kappa shape index (κ1) is 13.5. The molecular weight excluding hydrogens is 274 g/mol. The van der Waals surface area contributed by atoms with Gasteiger partial charge in [0, 0.05) is 18.0 Å². The van der Waals surface area contributed by atoms with E-state index < -0.39 is 17.6 Å². The summed E-state index contributed by atoms with van der Waals surface area (Å²) in [6, 6.07) is 3.49. The van der Waals surface area contributed by atoms with E-state index >= 15 is 0 Å². The van der Waals surface area contributed by atoms with Crippen molar-refractivity contribution in [2.75, 3.05) is 5.75 Å². The van der Waals surface area contributed by atoms with E-state index in [1.54, 1.807) is 17.7 Å². The first-order chi connectivity index (χ1) is 8.99. The summed E-state index contributed by atoms with van der Waals surface area (Å²) in [7, 11) is 0. The molecule has 0 unspecified atom stereocenters. The van der Waals surface area contributed by atoms with Crippen molar-refractivity contribution in [3.05, 3.63) is 41.7 Å². The van der Waals surface area contributed by atoms with Crippen LogP contribution in [0.25, 0.3) is 5.69 Å². The van der Waals surface area contributed by atoms with Crippen LogP contribution >= 0.6 is 11.8 Å². The standard InChI is InChI=1S/C12H10F2N2O2S/c1-7-5-15-12(19-6-11(17)18)16(7)8-2-3-9(13)10(14)4-8/h2-5H,6H2,1H3,(H,17,18). The Kier molecular flexibility index (Phi) is 3.84. The smallest absolute Gasteiger partial charge is 0.313 e. The Morgan fingerprint density at radius 1 is 1.42 bits per heavy atom. The number of aryl methyl sites for hydroxylation is 1. The van der Waals surface area contributed by atoms with Crippen LogP contribution in [-0.4, -0.2) is 26.4 Å². The van der Waals surface area contributed by atoms with Crippen molar-refractivity contribution in [2.24, 2.45) is 0 Å². The number of benzene rings is 1. The van der Waals surface area contributed by atoms with E-state index in [1.807, 2.05) is 0 Å². The lowest BCUT2D eigenvalue weighted by molar-refractivity contribution is -0.133. The van der Waals surface area contributed by atoms with Gasteiger partial charge in [-0.3, -0.25) is 9.36 Å². The zero-order chi connectivity index (χ0) is 14.0. The monoisotopic (exact) mass is 284 g/mol. The molecule has 0 atom stereocenters. The van der Waals surface area contributed by atoms with Crippen LogP contribution < -0.4 is 0 Å². The maximum Gasteiger partial charge on any atom is 0.313 e. The molecule has 2 rings (SSSR count). The molecule has 1 heterocycles. The summed E-state index contributed by atoms with van der Waals surface area (Å²) in [5.41, 5.74) is 1.11. The summed E-state index contributed by atoms with van der Waals surface area (Å²) in [5, 5.41) is 9.08. The minimum atomic E-state index is -0.970. The first-order valence-electron chi connectivity index (χ1n) is 5.33. The quantitative estimate of drug-likeness (QED) is 0.877. The fraction of sp³-hybridized carbons (Fsp3) is 0.167. The summed E-state index contributed by atoms with van der Waals surface area (Å²) in [4.78, 5) is 14.6. The van der Waals surface area contributed by atoms with Crippen LogP contribution in [0.4, 0.5) is 8.78 Å². The number of nitrogens with zero attached hydrogens (tertiary/aromatic N) is 2. The Morgan fingerprint density at radius 3 is 2.79 bits per heavy atom. The molecule has 0 spiro atoms. The van der Waals surface area contributed by atoms with Gasteiger partial charge in [0.2, 0.25) is 0 Å². The summed E-state index contributed by atoms with van der Waals surface area (Å²) < 4.78 is 27.7. The molecule has 0 saturated carbocycles. The number of aliphatic carboxylic acids is 1. The third-order valence-electron chi connectivity index (χ3n) is 2.39. The fourth-order valence-corrected chi connectivity index (χ4v) is 2.34. The molecule has 100 valence electrons. The Morgan fingerprint density at radius 2 is 2.16 bits per heavy atom. The molecule has 0 radical (unpaired) electrons. The number of carboxylic acid groups (broad SMARTS) is 1. The van der Waals surface area contributed by atoms with Crippen LogP contribution in [0.2, 0.25) is 0 Å². The number of carbonyl (C=O) groups is 1. The van der Waals surface area contributed by atoms with E-state index in [9.17, 15) is 13.6 Å². The summed E-state index contributed by atoms with van der Waals surface area (Å²) in [6.07, 6.45) is 1.55. The topological polar surface area (TPSA) is 55.1 Å². The molecule has 4 nitrogen and oxygen atoms in total. The second-order valence-electron chi connectivity index (χ2n) is 3.80. The van der Waals surface area contributed by atoms with Crippen LogP contribution in [0.5, 0.6) is 0 Å². The predicted octanol–water partition coefficient (Wildman–Crippen LogP) is 2.64. The van der Waals surface area contributed by atoms with Crippen LogP contribution in [0.1, 0.15) is 5.69 Å². The van der Waals surface area contributed by atoms with Crippen molar-refractivity contribution < 1.29 is 18.7 Å². The van der Waals surface area contributed by atoms with E-state index in [4.69, 9.17) is 5.11 Å². The molecule has 0 aliphatic rings. The number of aromatic nitrogens is 2. The van der Waals surface area contributed by atoms with Crippen LogP contribution in [-0.2, 0) is 4.79 Å². The zero-order valence-corrected chi connectivity index (χ0v) is 10.7. The molecule has 0 saturated heterocycles. The normalized spacial score (nSPS) is 10.7. The molecule has 1 N–H and O–H groups in total. The summed E-state index contributed by atoms with van der Waals surface area (Å²) >= 11 is 1.02. The van der Waals surface area contributed by atoms with Crippen molar-refractivity contribution in [1.82, 2.24) is 9.55 Å². The van der Waals surface area contributed by atoms with E-state index in [1.165, 1.54) is 6.07 Å². The average Bonchev–Trinajstić information content (AvgIpc) is 2.71. The van der Waals surface area contributed by atoms with Gasteiger partial charge in [-0.15, -0.1) is 0 Å². The number of rotatable bonds is 4. The highest BCUT2D eigenvalue weighted by Gasteiger charge is 2.13. The van der Waals surface area contributed by atoms with Gasteiger partial charge in [0.25, 0.3) is 0 Å². The molecule has 0 bridgehead atoms. The van der Waals surface area contributed by atoms with Crippen molar-refractivity contribution in [2.45, 2.75) is 12.1 Å². The summed E-state index contributed by atoms with van der Waals surface area (Å²) in [5.74, 6) is -3.01. The molecule has 1 aromatic heterocycles. The minimum Gasteiger partial charge on any atom is -0.481 e. The number of imidazole rings is 1. The van der Waals surface area contributed by atoms with E-state index in [2.05, 4.69) is 4.98 Å². The van der Waals surface area contributed by atoms with Crippen molar-refractivity contribution in [3.63, 3.8) is 0 Å². The predicted molar refractivity (Wildman–Crippen MR) is 66.6 cm³/mol. The Labute approximate surface area is 112 Å². The fourth-order valence-electron chi connectivity index (χ4n) is 1.58. The van der Waals surface area contributed by atoms with Gasteiger partial charge in [-0.05, 0) is 19.1 Å². The lowest BCUT2D eigenvalue weighted by atomic mass is 10.3. The first-order valence-corrected chi connectivity index (χ1v) is 6.32. The number of halogens is 2. The molecule has 19 heavy (non-hydrogen) atoms. The van der Waals surface area contributed by atoms with Crippen LogP contribution in [0.3, 0.4) is 0 Å². The van der Waals surface area contributed by atoms with Gasteiger partial charge in [0.15, 0.2) is 16.8 Å². The van der Waals surface area contributed by atoms with Gasteiger partial charge in [0.1, 0.15) is 0 Å². The number of thioether (sulfide) groups is 1. The van der Waals surface area contributed by atoms with Gasteiger partial charge >= 0.3 is 5.97 Å². The number of carboxylic acids is 1. The van der Waals surface area contributed by atoms with Crippen LogP contribution in [0.15, 0.2) is 29.6 Å². The maximum atomic E-state index is 13.2. The van der Waals surface area contributed by atoms with Gasteiger partial charge in [-0.2, -0.15) is 0 Å². The summed E-state index contributed by atoms with van der Waals surface area (Å²) in [6.45, 7) is 1.75. The van der Waals surface area contributed by atoms with E-state index in [0.29, 0.717) is 16.5 Å². The van der Waals surface area contributed by atoms with Gasteiger partial charge in [-0.25, -0.2) is 13.8 Å². The van der Waals surface area contributed by atoms with Crippen molar-refractivity contribution in [1.29, 1.82) is 0 Å². The highest BCUT2D eigenvalue weighted by Crippen LogP contribution is 2.24. The second kappa shape index (κ2) is 5.40. The van der Waals surface area contributed by atoms with E-state index in [0.717, 1.165) is 23.9 Å². The second-order valence-corrected chi connectivity index (χ2v) is 4.74. The molecule has 7 heteroatoms. The SMILES string of the molecule is Cc1cnc(SCC(=O)O)n1-c1ccc(F)c(F)c1. The Hall–Kier alpha value is -1.89. The molecule has 0 amide bonds. The maximum absolute atomic E-state index is 13.2. The highest BCUT2D eigenvalue weighted by molar-refractivity contribution is 7.99. The minimum absolute atomic E-state index is 0.153. The third kappa shape index (κ3) is 2.93. The lowest BCUT2D eigenvalue weighted by Gasteiger charge is -2.09. The molecule has 1 aromatic carbocycles. The lowest BCUT2D eigenvalue weighted by Crippen LogP contribution is -2.03. The van der Waals surface area contributed by atoms with Gasteiger partial charge in [0.05, 0.1) is 11.4 Å². The molecule has 2 aromatic rings. The molecule has 0 fully saturated rings. The van der Waals surface area contributed by atoms with Crippen molar-refractivity contribution >= 4 is 17.7 Å². The molecular formula is C12H10F2N2O2S. The largest absolute Gasteiger partial charge is 0.481 e. The van der Waals surface area contributed by atoms with E-state index in [-0.39, 0.29) is 5.75 Å². The molecule has 0 aliphatic carbocycles.